The minimum absolute atomic E-state index is 0.0618. The molecule has 0 saturated heterocycles. The van der Waals surface area contributed by atoms with Crippen LogP contribution in [0, 0.1) is 11.3 Å². The zero-order valence-electron chi connectivity index (χ0n) is 12.2. The Kier molecular flexibility index (Phi) is 6.31. The van der Waals surface area contributed by atoms with Gasteiger partial charge in [-0.05, 0) is 19.8 Å². The first kappa shape index (κ1) is 17.2. The molecule has 0 spiro atoms. The number of nitrogens with two attached hydrogens (primary N) is 1. The van der Waals surface area contributed by atoms with E-state index in [0.29, 0.717) is 12.5 Å². The molecule has 0 radical (unpaired) electrons. The fourth-order valence-corrected chi connectivity index (χ4v) is 1.37. The van der Waals surface area contributed by atoms with Crippen molar-refractivity contribution in [2.75, 3.05) is 20.1 Å². The first-order chi connectivity index (χ1) is 8.62. The molecule has 0 rings (SSSR count). The Balaban J connectivity index is 4.54. The molecule has 4 N–H and O–H groups in total. The van der Waals surface area contributed by atoms with Gasteiger partial charge in [-0.3, -0.25) is 9.59 Å². The zero-order chi connectivity index (χ0) is 15.2. The summed E-state index contributed by atoms with van der Waals surface area (Å²) in [5.41, 5.74) is 4.32. The van der Waals surface area contributed by atoms with Crippen molar-refractivity contribution >= 4 is 17.6 Å². The lowest BCUT2D eigenvalue weighted by Gasteiger charge is -2.27. The Bertz CT molecular complexity index is 364. The predicted molar refractivity (Wildman–Crippen MR) is 72.7 cm³/mol. The van der Waals surface area contributed by atoms with Crippen LogP contribution in [0.2, 0.25) is 0 Å². The van der Waals surface area contributed by atoms with Crippen LogP contribution in [0.15, 0.2) is 5.16 Å². The summed E-state index contributed by atoms with van der Waals surface area (Å²) >= 11 is 0. The van der Waals surface area contributed by atoms with Gasteiger partial charge in [0.25, 0.3) is 0 Å². The van der Waals surface area contributed by atoms with E-state index in [-0.39, 0.29) is 24.2 Å². The molecule has 7 heteroatoms. The van der Waals surface area contributed by atoms with E-state index in [4.69, 9.17) is 10.9 Å². The van der Waals surface area contributed by atoms with E-state index < -0.39 is 5.41 Å². The maximum Gasteiger partial charge on any atom is 0.239 e. The largest absolute Gasteiger partial charge is 0.409 e. The number of oxime groups is 1. The Morgan fingerprint density at radius 2 is 1.95 bits per heavy atom. The molecule has 0 aliphatic rings. The highest BCUT2D eigenvalue weighted by molar-refractivity contribution is 6.06. The number of likely N-dealkylation sites (N-methyl/N-ethyl adjacent to an activating group) is 1. The van der Waals surface area contributed by atoms with Gasteiger partial charge in [0, 0.05) is 13.6 Å². The smallest absolute Gasteiger partial charge is 0.239 e. The third-order valence-electron chi connectivity index (χ3n) is 2.72. The summed E-state index contributed by atoms with van der Waals surface area (Å²) in [5.74, 6) is -0.465. The average Bonchev–Trinajstić information content (AvgIpc) is 2.33. The number of amidine groups is 1. The van der Waals surface area contributed by atoms with E-state index in [0.717, 1.165) is 0 Å². The second kappa shape index (κ2) is 6.96. The molecule has 0 fully saturated rings. The fraction of sp³-hybridized carbons (Fsp3) is 0.750. The van der Waals surface area contributed by atoms with E-state index in [2.05, 4.69) is 10.5 Å². The van der Waals surface area contributed by atoms with Crippen molar-refractivity contribution in [2.24, 2.45) is 22.2 Å². The van der Waals surface area contributed by atoms with Crippen molar-refractivity contribution in [3.63, 3.8) is 0 Å². The van der Waals surface area contributed by atoms with Crippen molar-refractivity contribution in [1.82, 2.24) is 10.2 Å². The van der Waals surface area contributed by atoms with Crippen molar-refractivity contribution in [1.29, 1.82) is 0 Å². The van der Waals surface area contributed by atoms with Crippen molar-refractivity contribution in [3.05, 3.63) is 0 Å². The summed E-state index contributed by atoms with van der Waals surface area (Å²) in [6.45, 7) is 7.53. The molecule has 7 nitrogen and oxygen atoms in total. The maximum atomic E-state index is 12.1. The summed E-state index contributed by atoms with van der Waals surface area (Å²) in [6, 6.07) is 0. The van der Waals surface area contributed by atoms with E-state index >= 15 is 0 Å². The minimum atomic E-state index is -1.15. The monoisotopic (exact) mass is 272 g/mol. The molecule has 0 bridgehead atoms. The Morgan fingerprint density at radius 3 is 2.37 bits per heavy atom. The molecule has 110 valence electrons. The number of carbonyl (C=O) groups is 2. The van der Waals surface area contributed by atoms with Gasteiger partial charge >= 0.3 is 0 Å². The molecule has 0 aliphatic carbocycles. The summed E-state index contributed by atoms with van der Waals surface area (Å²) in [7, 11) is 1.50. The Morgan fingerprint density at radius 1 is 1.42 bits per heavy atom. The number of hydrogen-bond acceptors (Lipinski definition) is 4. The molecule has 19 heavy (non-hydrogen) atoms. The third kappa shape index (κ3) is 5.15. The summed E-state index contributed by atoms with van der Waals surface area (Å²) in [5, 5.41) is 14.2. The van der Waals surface area contributed by atoms with E-state index in [1.807, 2.05) is 13.8 Å². The number of rotatable bonds is 6. The van der Waals surface area contributed by atoms with Gasteiger partial charge in [-0.1, -0.05) is 19.0 Å². The highest BCUT2D eigenvalue weighted by Crippen LogP contribution is 2.18. The quantitative estimate of drug-likeness (QED) is 0.273. The van der Waals surface area contributed by atoms with Crippen LogP contribution in [-0.4, -0.2) is 47.9 Å². The van der Waals surface area contributed by atoms with Crippen molar-refractivity contribution in [3.8, 4) is 0 Å². The predicted octanol–water partition coefficient (Wildman–Crippen LogP) is -0.0104. The third-order valence-corrected chi connectivity index (χ3v) is 2.72. The van der Waals surface area contributed by atoms with E-state index in [1.54, 1.807) is 0 Å². The van der Waals surface area contributed by atoms with Crippen LogP contribution < -0.4 is 11.1 Å². The number of nitrogens with one attached hydrogen (secondary N) is 1. The topological polar surface area (TPSA) is 108 Å². The van der Waals surface area contributed by atoms with Crippen LogP contribution in [0.4, 0.5) is 0 Å². The lowest BCUT2D eigenvalue weighted by molar-refractivity contribution is -0.139. The summed E-state index contributed by atoms with van der Waals surface area (Å²) in [4.78, 5) is 25.0. The summed E-state index contributed by atoms with van der Waals surface area (Å²) < 4.78 is 0. The highest BCUT2D eigenvalue weighted by Gasteiger charge is 2.35. The Hall–Kier alpha value is -1.79. The molecule has 0 aromatic rings. The normalized spacial score (nSPS) is 12.4. The van der Waals surface area contributed by atoms with E-state index in [9.17, 15) is 9.59 Å². The van der Waals surface area contributed by atoms with Crippen LogP contribution in [0.1, 0.15) is 27.7 Å². The first-order valence-corrected chi connectivity index (χ1v) is 6.13. The van der Waals surface area contributed by atoms with E-state index in [1.165, 1.54) is 25.8 Å². The first-order valence-electron chi connectivity index (χ1n) is 6.13. The standard InChI is InChI=1S/C12H24N4O3/c1-8(2)6-14-9(17)7-16(5)11(18)12(3,4)10(13)15-19/h8,19H,6-7H2,1-5H3,(H2,13,15)(H,14,17). The minimum Gasteiger partial charge on any atom is -0.409 e. The van der Waals surface area contributed by atoms with Crippen LogP contribution >= 0.6 is 0 Å². The lowest BCUT2D eigenvalue weighted by Crippen LogP contribution is -2.49. The molecule has 0 aromatic heterocycles. The van der Waals surface area contributed by atoms with Gasteiger partial charge in [-0.2, -0.15) is 0 Å². The second-order valence-electron chi connectivity index (χ2n) is 5.47. The highest BCUT2D eigenvalue weighted by atomic mass is 16.4. The van der Waals surface area contributed by atoms with Crippen LogP contribution in [-0.2, 0) is 9.59 Å². The molecular weight excluding hydrogens is 248 g/mol. The zero-order valence-corrected chi connectivity index (χ0v) is 12.2. The van der Waals surface area contributed by atoms with Crippen LogP contribution in [0.3, 0.4) is 0 Å². The van der Waals surface area contributed by atoms with Crippen molar-refractivity contribution < 1.29 is 14.8 Å². The average molecular weight is 272 g/mol. The molecule has 0 aromatic carbocycles. The van der Waals surface area contributed by atoms with Gasteiger partial charge in [0.15, 0.2) is 5.84 Å². The molecule has 2 amide bonds. The fourth-order valence-electron chi connectivity index (χ4n) is 1.37. The molecule has 0 unspecified atom stereocenters. The number of amides is 2. The van der Waals surface area contributed by atoms with Gasteiger partial charge in [-0.25, -0.2) is 0 Å². The molecule has 0 heterocycles. The number of carbonyl (C=O) groups excluding carboxylic acids is 2. The molecular formula is C12H24N4O3. The van der Waals surface area contributed by atoms with Crippen LogP contribution in [0.5, 0.6) is 0 Å². The SMILES string of the molecule is CC(C)CNC(=O)CN(C)C(=O)C(C)(C)C(N)=NO. The molecule has 0 saturated carbocycles. The van der Waals surface area contributed by atoms with Crippen molar-refractivity contribution in [2.45, 2.75) is 27.7 Å². The molecule has 0 aliphatic heterocycles. The second-order valence-corrected chi connectivity index (χ2v) is 5.47. The number of hydrogen-bond donors (Lipinski definition) is 3. The van der Waals surface area contributed by atoms with Gasteiger partial charge in [0.1, 0.15) is 5.41 Å². The molecule has 0 atom stereocenters. The maximum absolute atomic E-state index is 12.1. The van der Waals surface area contributed by atoms with Gasteiger partial charge < -0.3 is 21.2 Å². The lowest BCUT2D eigenvalue weighted by atomic mass is 9.90. The summed E-state index contributed by atoms with van der Waals surface area (Å²) in [6.07, 6.45) is 0. The number of nitrogens with zero attached hydrogens (tertiary/aromatic N) is 2. The van der Waals surface area contributed by atoms with Gasteiger partial charge in [-0.15, -0.1) is 0 Å². The van der Waals surface area contributed by atoms with Gasteiger partial charge in [0.05, 0.1) is 6.54 Å². The van der Waals surface area contributed by atoms with Gasteiger partial charge in [0.2, 0.25) is 11.8 Å². The van der Waals surface area contributed by atoms with Crippen LogP contribution in [0.25, 0.3) is 0 Å². The Labute approximate surface area is 113 Å².